The van der Waals surface area contributed by atoms with Crippen LogP contribution in [0.3, 0.4) is 0 Å². The Kier molecular flexibility index (Phi) is 7.08. The third kappa shape index (κ3) is 4.79. The molecule has 5 heteroatoms. The summed E-state index contributed by atoms with van der Waals surface area (Å²) < 4.78 is 0. The number of allylic oxidation sites excluding steroid dienone is 3. The summed E-state index contributed by atoms with van der Waals surface area (Å²) in [5, 5.41) is 9.43. The predicted molar refractivity (Wildman–Crippen MR) is 135 cm³/mol. The number of para-hydroxylation sites is 1. The number of carbonyl (C=O) groups is 1. The van der Waals surface area contributed by atoms with E-state index in [2.05, 4.69) is 23.7 Å². The topological polar surface area (TPSA) is 83.1 Å². The summed E-state index contributed by atoms with van der Waals surface area (Å²) in [5.41, 5.74) is 7.37. The second kappa shape index (κ2) is 10.0. The van der Waals surface area contributed by atoms with Crippen LogP contribution >= 0.6 is 0 Å². The molecule has 2 heterocycles. The van der Waals surface area contributed by atoms with Gasteiger partial charge in [-0.3, -0.25) is 15.2 Å². The van der Waals surface area contributed by atoms with E-state index in [0.29, 0.717) is 5.56 Å². The average Bonchev–Trinajstić information content (AvgIpc) is 2.78. The lowest BCUT2D eigenvalue weighted by molar-refractivity contribution is -0.117. The van der Waals surface area contributed by atoms with Gasteiger partial charge < -0.3 is 10.6 Å². The van der Waals surface area contributed by atoms with E-state index in [1.807, 2.05) is 36.4 Å². The summed E-state index contributed by atoms with van der Waals surface area (Å²) in [4.78, 5) is 20.4. The van der Waals surface area contributed by atoms with Gasteiger partial charge in [0.25, 0.3) is 0 Å². The minimum Gasteiger partial charge on any atom is -0.386 e. The summed E-state index contributed by atoms with van der Waals surface area (Å²) in [7, 11) is 0. The van der Waals surface area contributed by atoms with Gasteiger partial charge in [-0.2, -0.15) is 0 Å². The lowest BCUT2D eigenvalue weighted by atomic mass is 9.66. The van der Waals surface area contributed by atoms with Gasteiger partial charge in [0.15, 0.2) is 5.78 Å². The monoisotopic (exact) mass is 444 g/mol. The SMILES string of the molecule is CC1CC(C)CN(CCCCCC2=CC=CC(=O)C2(C(=N)N)c2cnc3ccccc3c2)C1. The van der Waals surface area contributed by atoms with Crippen molar-refractivity contribution in [2.45, 2.75) is 51.4 Å². The number of rotatable bonds is 8. The van der Waals surface area contributed by atoms with Gasteiger partial charge in [-0.15, -0.1) is 0 Å². The zero-order valence-corrected chi connectivity index (χ0v) is 19.9. The van der Waals surface area contributed by atoms with E-state index in [9.17, 15) is 4.79 Å². The number of nitrogens with zero attached hydrogens (tertiary/aromatic N) is 2. The molecule has 0 saturated carbocycles. The van der Waals surface area contributed by atoms with Gasteiger partial charge in [0.2, 0.25) is 0 Å². The Morgan fingerprint density at radius 2 is 1.94 bits per heavy atom. The molecular weight excluding hydrogens is 408 g/mol. The highest BCUT2D eigenvalue weighted by atomic mass is 16.1. The van der Waals surface area contributed by atoms with Crippen LogP contribution in [0.25, 0.3) is 10.9 Å². The summed E-state index contributed by atoms with van der Waals surface area (Å²) in [6.07, 6.45) is 12.3. The van der Waals surface area contributed by atoms with Gasteiger partial charge >= 0.3 is 0 Å². The highest BCUT2D eigenvalue weighted by Gasteiger charge is 2.46. The van der Waals surface area contributed by atoms with Gasteiger partial charge in [0, 0.05) is 24.7 Å². The molecule has 0 radical (unpaired) electrons. The fraction of sp³-hybridized carbons (Fsp3) is 0.464. The van der Waals surface area contributed by atoms with Crippen LogP contribution in [-0.4, -0.2) is 41.1 Å². The first-order chi connectivity index (χ1) is 15.9. The highest BCUT2D eigenvalue weighted by molar-refractivity contribution is 6.20. The normalized spacial score (nSPS) is 25.9. The average molecular weight is 445 g/mol. The maximum absolute atomic E-state index is 13.3. The minimum absolute atomic E-state index is 0.128. The number of benzene rings is 1. The Morgan fingerprint density at radius 1 is 1.18 bits per heavy atom. The number of hydrogen-bond donors (Lipinski definition) is 2. The van der Waals surface area contributed by atoms with Crippen LogP contribution in [0.2, 0.25) is 0 Å². The molecule has 0 amide bonds. The number of nitrogens with two attached hydrogens (primary N) is 1. The molecule has 3 atom stereocenters. The Balaban J connectivity index is 1.47. The number of hydrogen-bond acceptors (Lipinski definition) is 4. The fourth-order valence-electron chi connectivity index (χ4n) is 5.80. The van der Waals surface area contributed by atoms with Gasteiger partial charge in [-0.05, 0) is 73.4 Å². The van der Waals surface area contributed by atoms with E-state index in [-0.39, 0.29) is 11.6 Å². The number of amidine groups is 1. The molecule has 3 unspecified atom stereocenters. The largest absolute Gasteiger partial charge is 0.386 e. The molecule has 5 nitrogen and oxygen atoms in total. The van der Waals surface area contributed by atoms with Crippen molar-refractivity contribution in [1.82, 2.24) is 9.88 Å². The van der Waals surface area contributed by atoms with Crippen LogP contribution in [0.1, 0.15) is 51.5 Å². The molecule has 1 aliphatic heterocycles. The zero-order chi connectivity index (χ0) is 23.4. The lowest BCUT2D eigenvalue weighted by Gasteiger charge is -2.35. The first-order valence-corrected chi connectivity index (χ1v) is 12.3. The molecule has 1 fully saturated rings. The van der Waals surface area contributed by atoms with Gasteiger partial charge in [-0.1, -0.05) is 50.6 Å². The second-order valence-corrected chi connectivity index (χ2v) is 10.0. The smallest absolute Gasteiger partial charge is 0.177 e. The van der Waals surface area contributed by atoms with E-state index in [1.165, 1.54) is 19.5 Å². The van der Waals surface area contributed by atoms with Crippen molar-refractivity contribution in [1.29, 1.82) is 5.41 Å². The summed E-state index contributed by atoms with van der Waals surface area (Å²) in [5.74, 6) is 1.29. The number of unbranched alkanes of at least 4 members (excludes halogenated alkanes) is 2. The fourth-order valence-corrected chi connectivity index (χ4v) is 5.80. The van der Waals surface area contributed by atoms with Crippen LogP contribution < -0.4 is 5.73 Å². The maximum Gasteiger partial charge on any atom is 0.177 e. The molecule has 33 heavy (non-hydrogen) atoms. The summed E-state index contributed by atoms with van der Waals surface area (Å²) in [6.45, 7) is 8.25. The predicted octanol–water partition coefficient (Wildman–Crippen LogP) is 5.01. The number of piperidine rings is 1. The van der Waals surface area contributed by atoms with Crippen molar-refractivity contribution in [3.63, 3.8) is 0 Å². The van der Waals surface area contributed by atoms with Crippen molar-refractivity contribution in [2.75, 3.05) is 19.6 Å². The molecule has 2 aromatic rings. The first-order valence-electron chi connectivity index (χ1n) is 12.3. The van der Waals surface area contributed by atoms with Gasteiger partial charge in [-0.25, -0.2) is 0 Å². The Bertz CT molecular complexity index is 1080. The Labute approximate surface area is 197 Å². The molecule has 4 rings (SSSR count). The second-order valence-electron chi connectivity index (χ2n) is 10.0. The van der Waals surface area contributed by atoms with Gasteiger partial charge in [0.05, 0.1) is 5.52 Å². The number of likely N-dealkylation sites (tertiary alicyclic amines) is 1. The molecule has 3 N–H and O–H groups in total. The summed E-state index contributed by atoms with van der Waals surface area (Å²) >= 11 is 0. The Hall–Kier alpha value is -2.79. The molecule has 1 saturated heterocycles. The Morgan fingerprint density at radius 3 is 2.70 bits per heavy atom. The van der Waals surface area contributed by atoms with Crippen molar-refractivity contribution < 1.29 is 4.79 Å². The molecular formula is C28H36N4O. The van der Waals surface area contributed by atoms with Crippen LogP contribution in [0.5, 0.6) is 0 Å². The first kappa shape index (κ1) is 23.4. The van der Waals surface area contributed by atoms with Crippen LogP contribution in [0.4, 0.5) is 0 Å². The number of nitrogens with one attached hydrogen (secondary N) is 1. The molecule has 2 aliphatic rings. The molecule has 1 aromatic heterocycles. The number of ketones is 1. The summed E-state index contributed by atoms with van der Waals surface area (Å²) in [6, 6.07) is 9.79. The minimum atomic E-state index is -1.25. The molecule has 0 bridgehead atoms. The van der Waals surface area contributed by atoms with E-state index in [4.69, 9.17) is 11.1 Å². The van der Waals surface area contributed by atoms with E-state index in [0.717, 1.165) is 60.5 Å². The van der Waals surface area contributed by atoms with Crippen molar-refractivity contribution >= 4 is 22.5 Å². The van der Waals surface area contributed by atoms with Crippen LogP contribution in [0, 0.1) is 17.2 Å². The highest BCUT2D eigenvalue weighted by Crippen LogP contribution is 2.39. The standard InChI is InChI=1S/C28H36N4O/c1-20-15-21(2)19-32(18-20)14-7-3-4-10-23-11-8-13-26(33)28(23,27(29)30)24-16-22-9-5-6-12-25(22)31-17-24/h5-6,8-9,11-13,16-17,20-21H,3-4,7,10,14-15,18-19H2,1-2H3,(H3,29,30). The van der Waals surface area contributed by atoms with E-state index >= 15 is 0 Å². The molecule has 174 valence electrons. The number of aromatic nitrogens is 1. The number of pyridine rings is 1. The quantitative estimate of drug-likeness (QED) is 0.340. The van der Waals surface area contributed by atoms with Gasteiger partial charge in [0.1, 0.15) is 11.3 Å². The van der Waals surface area contributed by atoms with Crippen molar-refractivity contribution in [3.05, 3.63) is 65.9 Å². The zero-order valence-electron chi connectivity index (χ0n) is 19.9. The molecule has 1 aliphatic carbocycles. The number of carbonyl (C=O) groups excluding carboxylic acids is 1. The van der Waals surface area contributed by atoms with Crippen LogP contribution in [-0.2, 0) is 10.2 Å². The third-order valence-electron chi connectivity index (χ3n) is 7.19. The van der Waals surface area contributed by atoms with Crippen molar-refractivity contribution in [3.8, 4) is 0 Å². The maximum atomic E-state index is 13.3. The van der Waals surface area contributed by atoms with Crippen LogP contribution in [0.15, 0.2) is 60.3 Å². The molecule has 1 aromatic carbocycles. The molecule has 0 spiro atoms. The van der Waals surface area contributed by atoms with Crippen molar-refractivity contribution in [2.24, 2.45) is 17.6 Å². The number of fused-ring (bicyclic) bond motifs is 1. The van der Waals surface area contributed by atoms with E-state index < -0.39 is 5.41 Å². The third-order valence-corrected chi connectivity index (χ3v) is 7.19. The lowest BCUT2D eigenvalue weighted by Crippen LogP contribution is -2.49. The van der Waals surface area contributed by atoms with E-state index in [1.54, 1.807) is 18.3 Å².